The molecule has 0 aliphatic carbocycles. The number of carbonyl (C=O) groups excluding carboxylic acids is 2. The molecule has 2 amide bonds. The van der Waals surface area contributed by atoms with Crippen LogP contribution in [0.3, 0.4) is 0 Å². The summed E-state index contributed by atoms with van der Waals surface area (Å²) < 4.78 is 10.9. The number of halogens is 1. The monoisotopic (exact) mass is 442 g/mol. The maximum absolute atomic E-state index is 13.3. The summed E-state index contributed by atoms with van der Waals surface area (Å²) in [6.07, 6.45) is 0.575. The van der Waals surface area contributed by atoms with Gasteiger partial charge in [0.25, 0.3) is 11.8 Å². The van der Waals surface area contributed by atoms with Crippen molar-refractivity contribution in [3.63, 3.8) is 0 Å². The molecule has 0 saturated heterocycles. The normalized spacial score (nSPS) is 13.9. The zero-order valence-corrected chi connectivity index (χ0v) is 18.8. The largest absolute Gasteiger partial charge is 0.494 e. The summed E-state index contributed by atoms with van der Waals surface area (Å²) >= 11 is 6.25. The molecule has 0 saturated carbocycles. The molecule has 1 aliphatic heterocycles. The quantitative estimate of drug-likeness (QED) is 0.428. The maximum atomic E-state index is 13.3. The molecule has 1 N–H and O–H groups in total. The number of ether oxygens (including phenoxy) is 2. The average Bonchev–Trinajstić information content (AvgIpc) is 2.99. The lowest BCUT2D eigenvalue weighted by molar-refractivity contribution is -0.137. The maximum Gasteiger partial charge on any atom is 0.278 e. The minimum absolute atomic E-state index is 0.246. The van der Waals surface area contributed by atoms with Gasteiger partial charge in [0.15, 0.2) is 0 Å². The Labute approximate surface area is 187 Å². The Kier molecular flexibility index (Phi) is 7.71. The number of hydrogen-bond acceptors (Lipinski definition) is 5. The van der Waals surface area contributed by atoms with Crippen molar-refractivity contribution in [1.29, 1.82) is 0 Å². The van der Waals surface area contributed by atoms with Crippen LogP contribution in [0.15, 0.2) is 48.2 Å². The van der Waals surface area contributed by atoms with Crippen LogP contribution >= 0.6 is 11.6 Å². The van der Waals surface area contributed by atoms with Gasteiger partial charge >= 0.3 is 0 Å². The summed E-state index contributed by atoms with van der Waals surface area (Å²) in [5.74, 6) is 0.0231. The molecular formula is C24H27ClN2O4. The van der Waals surface area contributed by atoms with Crippen molar-refractivity contribution in [2.45, 2.75) is 27.2 Å². The van der Waals surface area contributed by atoms with E-state index in [4.69, 9.17) is 21.1 Å². The van der Waals surface area contributed by atoms with E-state index in [2.05, 4.69) is 5.32 Å². The van der Waals surface area contributed by atoms with E-state index in [9.17, 15) is 9.59 Å². The van der Waals surface area contributed by atoms with Gasteiger partial charge in [0.05, 0.1) is 12.2 Å². The van der Waals surface area contributed by atoms with Crippen LogP contribution in [0.1, 0.15) is 31.4 Å². The first-order chi connectivity index (χ1) is 15.0. The first-order valence-electron chi connectivity index (χ1n) is 10.4. The molecule has 6 nitrogen and oxygen atoms in total. The van der Waals surface area contributed by atoms with Crippen molar-refractivity contribution in [3.05, 3.63) is 64.3 Å². The minimum atomic E-state index is -0.357. The topological polar surface area (TPSA) is 67.9 Å². The summed E-state index contributed by atoms with van der Waals surface area (Å²) in [4.78, 5) is 27.7. The first kappa shape index (κ1) is 22.8. The highest BCUT2D eigenvalue weighted by atomic mass is 35.5. The van der Waals surface area contributed by atoms with Crippen LogP contribution in [0.4, 0.5) is 5.69 Å². The predicted molar refractivity (Wildman–Crippen MR) is 122 cm³/mol. The van der Waals surface area contributed by atoms with E-state index in [0.29, 0.717) is 53.8 Å². The van der Waals surface area contributed by atoms with Crippen molar-refractivity contribution in [2.24, 2.45) is 0 Å². The molecule has 0 bridgehead atoms. The number of imide groups is 1. The number of amides is 2. The Bertz CT molecular complexity index is 986. The number of nitrogens with one attached hydrogen (secondary N) is 1. The van der Waals surface area contributed by atoms with Gasteiger partial charge in [0.2, 0.25) is 0 Å². The van der Waals surface area contributed by atoms with Crippen molar-refractivity contribution >= 4 is 34.7 Å². The highest BCUT2D eigenvalue weighted by Gasteiger charge is 2.39. The van der Waals surface area contributed by atoms with Crippen LogP contribution < -0.4 is 10.1 Å². The molecule has 7 heteroatoms. The number of anilines is 1. The standard InChI is InChI=1S/C24H27ClN2O4/c1-4-30-15-7-14-27-23(28)21(17-10-12-18(13-11-17)31-5-2)22(24(27)29)26-20-9-6-8-19(25)16(20)3/h6,8-13,26H,4-5,7,14-15H2,1-3H3. The van der Waals surface area contributed by atoms with E-state index in [1.54, 1.807) is 36.4 Å². The third-order valence-corrected chi connectivity index (χ3v) is 5.43. The summed E-state index contributed by atoms with van der Waals surface area (Å²) in [5, 5.41) is 3.75. The molecule has 0 radical (unpaired) electrons. The Morgan fingerprint density at radius 1 is 1.00 bits per heavy atom. The zero-order valence-electron chi connectivity index (χ0n) is 18.0. The Balaban J connectivity index is 1.97. The fourth-order valence-corrected chi connectivity index (χ4v) is 3.57. The number of rotatable bonds is 10. The van der Waals surface area contributed by atoms with Gasteiger partial charge in [-0.3, -0.25) is 14.5 Å². The van der Waals surface area contributed by atoms with Crippen LogP contribution in [-0.2, 0) is 14.3 Å². The highest BCUT2D eigenvalue weighted by molar-refractivity contribution is 6.36. The Morgan fingerprint density at radius 3 is 2.42 bits per heavy atom. The molecule has 0 unspecified atom stereocenters. The van der Waals surface area contributed by atoms with E-state index < -0.39 is 0 Å². The smallest absolute Gasteiger partial charge is 0.278 e. The average molecular weight is 443 g/mol. The minimum Gasteiger partial charge on any atom is -0.494 e. The van der Waals surface area contributed by atoms with Crippen LogP contribution in [0.5, 0.6) is 5.75 Å². The van der Waals surface area contributed by atoms with Crippen LogP contribution in [0, 0.1) is 6.92 Å². The molecule has 164 valence electrons. The molecule has 2 aromatic rings. The lowest BCUT2D eigenvalue weighted by atomic mass is 10.0. The van der Waals surface area contributed by atoms with Gasteiger partial charge in [0, 0.05) is 30.5 Å². The molecule has 3 rings (SSSR count). The number of hydrogen-bond donors (Lipinski definition) is 1. The van der Waals surface area contributed by atoms with E-state index in [1.807, 2.05) is 26.8 Å². The lowest BCUT2D eigenvalue weighted by Crippen LogP contribution is -2.34. The molecular weight excluding hydrogens is 416 g/mol. The first-order valence-corrected chi connectivity index (χ1v) is 10.8. The fraction of sp³-hybridized carbons (Fsp3) is 0.333. The molecule has 2 aromatic carbocycles. The molecule has 0 spiro atoms. The fourth-order valence-electron chi connectivity index (χ4n) is 3.39. The van der Waals surface area contributed by atoms with Crippen LogP contribution in [-0.4, -0.2) is 43.1 Å². The highest BCUT2D eigenvalue weighted by Crippen LogP contribution is 2.33. The number of carbonyl (C=O) groups is 2. The summed E-state index contributed by atoms with van der Waals surface area (Å²) in [6.45, 7) is 7.60. The van der Waals surface area contributed by atoms with Gasteiger partial charge in [-0.25, -0.2) is 0 Å². The van der Waals surface area contributed by atoms with Crippen molar-refractivity contribution in [1.82, 2.24) is 4.90 Å². The molecule has 0 atom stereocenters. The van der Waals surface area contributed by atoms with Gasteiger partial charge < -0.3 is 14.8 Å². The zero-order chi connectivity index (χ0) is 22.4. The van der Waals surface area contributed by atoms with Gasteiger partial charge in [-0.15, -0.1) is 0 Å². The summed E-state index contributed by atoms with van der Waals surface area (Å²) in [5.41, 5.74) is 2.72. The third kappa shape index (κ3) is 5.09. The van der Waals surface area contributed by atoms with E-state index in [0.717, 1.165) is 5.56 Å². The lowest BCUT2D eigenvalue weighted by Gasteiger charge is -2.15. The second-order valence-electron chi connectivity index (χ2n) is 7.06. The number of nitrogens with zero attached hydrogens (tertiary/aromatic N) is 1. The van der Waals surface area contributed by atoms with Crippen LogP contribution in [0.2, 0.25) is 5.02 Å². The summed E-state index contributed by atoms with van der Waals surface area (Å²) in [6, 6.07) is 12.6. The Hall–Kier alpha value is -2.83. The second-order valence-corrected chi connectivity index (χ2v) is 7.46. The predicted octanol–water partition coefficient (Wildman–Crippen LogP) is 4.67. The van der Waals surface area contributed by atoms with Gasteiger partial charge in [-0.05, 0) is 62.6 Å². The second kappa shape index (κ2) is 10.5. The van der Waals surface area contributed by atoms with Gasteiger partial charge in [0.1, 0.15) is 11.4 Å². The van der Waals surface area contributed by atoms with Gasteiger partial charge in [-0.2, -0.15) is 0 Å². The Morgan fingerprint density at radius 2 is 1.74 bits per heavy atom. The van der Waals surface area contributed by atoms with Crippen LogP contribution in [0.25, 0.3) is 5.57 Å². The van der Waals surface area contributed by atoms with Crippen molar-refractivity contribution in [3.8, 4) is 5.75 Å². The molecule has 0 aromatic heterocycles. The molecule has 1 heterocycles. The molecule has 31 heavy (non-hydrogen) atoms. The van der Waals surface area contributed by atoms with Gasteiger partial charge in [-0.1, -0.05) is 29.8 Å². The molecule has 1 aliphatic rings. The third-order valence-electron chi connectivity index (χ3n) is 5.02. The van der Waals surface area contributed by atoms with E-state index in [1.165, 1.54) is 4.90 Å². The molecule has 0 fully saturated rings. The van der Waals surface area contributed by atoms with E-state index in [-0.39, 0.29) is 24.1 Å². The van der Waals surface area contributed by atoms with Crippen molar-refractivity contribution < 1.29 is 19.1 Å². The van der Waals surface area contributed by atoms with E-state index >= 15 is 0 Å². The number of benzene rings is 2. The SMILES string of the molecule is CCOCCCN1C(=O)C(Nc2cccc(Cl)c2C)=C(c2ccc(OCC)cc2)C1=O. The van der Waals surface area contributed by atoms with Crippen molar-refractivity contribution in [2.75, 3.05) is 31.7 Å². The summed E-state index contributed by atoms with van der Waals surface area (Å²) in [7, 11) is 0.